The number of benzene rings is 2. The highest BCUT2D eigenvalue weighted by atomic mass is 32.2. The van der Waals surface area contributed by atoms with Crippen molar-refractivity contribution in [2.75, 3.05) is 43.4 Å². The highest BCUT2D eigenvalue weighted by Crippen LogP contribution is 2.30. The van der Waals surface area contributed by atoms with Gasteiger partial charge in [-0.1, -0.05) is 24.3 Å². The quantitative estimate of drug-likeness (QED) is 0.619. The molecule has 2 aromatic carbocycles. The van der Waals surface area contributed by atoms with Crippen LogP contribution in [-0.4, -0.2) is 59.3 Å². The second kappa shape index (κ2) is 9.43. The fraction of sp³-hybridized carbons (Fsp3) is 0.391. The number of anilines is 1. The molecule has 0 spiro atoms. The summed E-state index contributed by atoms with van der Waals surface area (Å²) in [5.74, 6) is 2.50. The maximum atomic E-state index is 12.7. The number of imidazole rings is 1. The number of para-hydroxylation sites is 4. The third-order valence-corrected chi connectivity index (χ3v) is 6.52. The van der Waals surface area contributed by atoms with Gasteiger partial charge in [0.25, 0.3) is 0 Å². The lowest BCUT2D eigenvalue weighted by Gasteiger charge is -2.36. The number of piperazine rings is 1. The number of amides is 1. The lowest BCUT2D eigenvalue weighted by Crippen LogP contribution is -2.49. The van der Waals surface area contributed by atoms with E-state index in [0.717, 1.165) is 54.5 Å². The minimum atomic E-state index is 0.140. The second-order valence-electron chi connectivity index (χ2n) is 7.36. The molecule has 1 N–H and O–H groups in total. The van der Waals surface area contributed by atoms with E-state index in [1.165, 1.54) is 0 Å². The first kappa shape index (κ1) is 20.6. The molecule has 30 heavy (non-hydrogen) atoms. The molecule has 7 heteroatoms. The van der Waals surface area contributed by atoms with Crippen molar-refractivity contribution in [2.24, 2.45) is 0 Å². The first-order chi connectivity index (χ1) is 14.7. The van der Waals surface area contributed by atoms with Crippen LogP contribution in [0.4, 0.5) is 5.69 Å². The predicted molar refractivity (Wildman–Crippen MR) is 123 cm³/mol. The Bertz CT molecular complexity index is 965. The number of ether oxygens (including phenoxy) is 1. The van der Waals surface area contributed by atoms with Crippen molar-refractivity contribution in [3.8, 4) is 5.75 Å². The van der Waals surface area contributed by atoms with Crippen LogP contribution in [0.3, 0.4) is 0 Å². The summed E-state index contributed by atoms with van der Waals surface area (Å²) in [4.78, 5) is 25.0. The smallest absolute Gasteiger partial charge is 0.232 e. The van der Waals surface area contributed by atoms with Crippen molar-refractivity contribution in [3.05, 3.63) is 54.4 Å². The lowest BCUT2D eigenvalue weighted by atomic mass is 10.2. The highest BCUT2D eigenvalue weighted by molar-refractivity contribution is 8.00. The van der Waals surface area contributed by atoms with Crippen LogP contribution in [0.15, 0.2) is 48.5 Å². The molecule has 1 saturated heterocycles. The first-order valence-corrected chi connectivity index (χ1v) is 11.5. The number of H-pyrrole nitrogens is 1. The van der Waals surface area contributed by atoms with E-state index in [1.54, 1.807) is 11.8 Å². The molecule has 0 aliphatic carbocycles. The van der Waals surface area contributed by atoms with Crippen LogP contribution >= 0.6 is 11.8 Å². The molecule has 3 aromatic rings. The van der Waals surface area contributed by atoms with Crippen molar-refractivity contribution >= 4 is 34.4 Å². The summed E-state index contributed by atoms with van der Waals surface area (Å²) in [6.45, 7) is 7.85. The van der Waals surface area contributed by atoms with Gasteiger partial charge in [0.1, 0.15) is 11.6 Å². The van der Waals surface area contributed by atoms with Gasteiger partial charge in [-0.25, -0.2) is 4.98 Å². The van der Waals surface area contributed by atoms with Gasteiger partial charge in [0, 0.05) is 26.2 Å². The molecule has 1 fully saturated rings. The number of aromatic nitrogens is 2. The van der Waals surface area contributed by atoms with Gasteiger partial charge in [0.2, 0.25) is 5.91 Å². The maximum Gasteiger partial charge on any atom is 0.232 e. The number of fused-ring (bicyclic) bond motifs is 1. The number of carbonyl (C=O) groups excluding carboxylic acids is 1. The molecule has 0 saturated carbocycles. The Labute approximate surface area is 181 Å². The van der Waals surface area contributed by atoms with E-state index in [9.17, 15) is 4.79 Å². The van der Waals surface area contributed by atoms with Crippen molar-refractivity contribution in [1.82, 2.24) is 14.9 Å². The molecule has 2 heterocycles. The van der Waals surface area contributed by atoms with Crippen LogP contribution in [0.5, 0.6) is 5.75 Å². The monoisotopic (exact) mass is 424 g/mol. The van der Waals surface area contributed by atoms with Gasteiger partial charge in [0.05, 0.1) is 34.3 Å². The Morgan fingerprint density at radius 3 is 2.63 bits per heavy atom. The van der Waals surface area contributed by atoms with E-state index >= 15 is 0 Å². The summed E-state index contributed by atoms with van der Waals surface area (Å²) in [5, 5.41) is 0.140. The zero-order valence-corrected chi connectivity index (χ0v) is 18.3. The second-order valence-corrected chi connectivity index (χ2v) is 8.69. The summed E-state index contributed by atoms with van der Waals surface area (Å²) in [5.41, 5.74) is 3.11. The number of rotatable bonds is 7. The van der Waals surface area contributed by atoms with E-state index in [2.05, 4.69) is 27.9 Å². The minimum absolute atomic E-state index is 0.140. The normalized spacial score (nSPS) is 15.4. The Morgan fingerprint density at radius 2 is 1.87 bits per heavy atom. The molecule has 0 radical (unpaired) electrons. The number of carbonyl (C=O) groups is 1. The van der Waals surface area contributed by atoms with Gasteiger partial charge >= 0.3 is 0 Å². The maximum absolute atomic E-state index is 12.7. The molecule has 1 aromatic heterocycles. The molecule has 0 bridgehead atoms. The summed E-state index contributed by atoms with van der Waals surface area (Å²) in [6, 6.07) is 16.1. The molecule has 1 atom stereocenters. The molecule has 158 valence electrons. The summed E-state index contributed by atoms with van der Waals surface area (Å²) in [7, 11) is 0. The van der Waals surface area contributed by atoms with Crippen LogP contribution in [0.1, 0.15) is 24.9 Å². The van der Waals surface area contributed by atoms with Crippen LogP contribution < -0.4 is 9.64 Å². The lowest BCUT2D eigenvalue weighted by molar-refractivity contribution is -0.128. The molecule has 6 nitrogen and oxygen atoms in total. The Balaban J connectivity index is 1.29. The molecule has 4 rings (SSSR count). The van der Waals surface area contributed by atoms with Gasteiger partial charge in [-0.05, 0) is 38.1 Å². The Kier molecular flexibility index (Phi) is 6.47. The zero-order chi connectivity index (χ0) is 20.9. The van der Waals surface area contributed by atoms with Gasteiger partial charge in [0.15, 0.2) is 0 Å². The largest absolute Gasteiger partial charge is 0.492 e. The van der Waals surface area contributed by atoms with Gasteiger partial charge in [-0.2, -0.15) is 0 Å². The average Bonchev–Trinajstić information content (AvgIpc) is 3.22. The van der Waals surface area contributed by atoms with Crippen LogP contribution in [0, 0.1) is 0 Å². The molecule has 0 unspecified atom stereocenters. The topological polar surface area (TPSA) is 61.5 Å². The van der Waals surface area contributed by atoms with Crippen molar-refractivity contribution < 1.29 is 9.53 Å². The fourth-order valence-corrected chi connectivity index (χ4v) is 4.57. The summed E-state index contributed by atoms with van der Waals surface area (Å²) >= 11 is 1.63. The molecule has 1 aliphatic rings. The zero-order valence-electron chi connectivity index (χ0n) is 17.5. The summed E-state index contributed by atoms with van der Waals surface area (Å²) < 4.78 is 5.76. The van der Waals surface area contributed by atoms with Gasteiger partial charge in [-0.15, -0.1) is 11.8 Å². The number of thioether (sulfide) groups is 1. The average molecular weight is 425 g/mol. The third kappa shape index (κ3) is 4.56. The van der Waals surface area contributed by atoms with E-state index in [-0.39, 0.29) is 11.2 Å². The first-order valence-electron chi connectivity index (χ1n) is 10.5. The number of nitrogens with zero attached hydrogens (tertiary/aromatic N) is 3. The Morgan fingerprint density at radius 1 is 1.13 bits per heavy atom. The van der Waals surface area contributed by atoms with Crippen molar-refractivity contribution in [1.29, 1.82) is 0 Å². The standard InChI is InChI=1S/C23H28N4O2S/c1-3-29-21-11-7-6-10-20(21)26-12-14-27(15-13-26)22(28)16-30-17(2)23-24-18-8-4-5-9-19(18)25-23/h4-11,17H,3,12-16H2,1-2H3,(H,24,25)/t17-/m1/s1. The van der Waals surface area contributed by atoms with Crippen molar-refractivity contribution in [3.63, 3.8) is 0 Å². The van der Waals surface area contributed by atoms with E-state index in [1.807, 2.05) is 54.3 Å². The van der Waals surface area contributed by atoms with Crippen LogP contribution in [0.2, 0.25) is 0 Å². The van der Waals surface area contributed by atoms with Crippen LogP contribution in [-0.2, 0) is 4.79 Å². The molecule has 1 aliphatic heterocycles. The van der Waals surface area contributed by atoms with Crippen LogP contribution in [0.25, 0.3) is 11.0 Å². The summed E-state index contributed by atoms with van der Waals surface area (Å²) in [6.07, 6.45) is 0. The van der Waals surface area contributed by atoms with E-state index in [0.29, 0.717) is 12.4 Å². The predicted octanol–water partition coefficient (Wildman–Crippen LogP) is 4.10. The van der Waals surface area contributed by atoms with Gasteiger partial charge < -0.3 is 19.5 Å². The van der Waals surface area contributed by atoms with Gasteiger partial charge in [-0.3, -0.25) is 4.79 Å². The number of hydrogen-bond acceptors (Lipinski definition) is 5. The fourth-order valence-electron chi connectivity index (χ4n) is 3.72. The third-order valence-electron chi connectivity index (χ3n) is 5.39. The Hall–Kier alpha value is -2.67. The van der Waals surface area contributed by atoms with Crippen molar-refractivity contribution in [2.45, 2.75) is 19.1 Å². The minimum Gasteiger partial charge on any atom is -0.492 e. The number of aromatic amines is 1. The SMILES string of the molecule is CCOc1ccccc1N1CCN(C(=O)CS[C@H](C)c2nc3ccccc3[nH]2)CC1. The molecule has 1 amide bonds. The number of hydrogen-bond donors (Lipinski definition) is 1. The van der Waals surface area contributed by atoms with E-state index < -0.39 is 0 Å². The molecular weight excluding hydrogens is 396 g/mol. The highest BCUT2D eigenvalue weighted by Gasteiger charge is 2.23. The van der Waals surface area contributed by atoms with E-state index in [4.69, 9.17) is 4.74 Å². The number of nitrogens with one attached hydrogen (secondary N) is 1. The molecular formula is C23H28N4O2S.